The first-order valence-corrected chi connectivity index (χ1v) is 23.5. The largest absolute Gasteiger partial charge is 0.508 e. The second-order valence-corrected chi connectivity index (χ2v) is 17.3. The fraction of sp³-hybridized carbons (Fsp3) is 0.511. The first-order valence-electron chi connectivity index (χ1n) is 23.5. The quantitative estimate of drug-likeness (QED) is 0.0310. The zero-order valence-corrected chi connectivity index (χ0v) is 41.8. The summed E-state index contributed by atoms with van der Waals surface area (Å²) < 4.78 is 0. The van der Waals surface area contributed by atoms with E-state index in [-0.39, 0.29) is 30.7 Å². The summed E-state index contributed by atoms with van der Waals surface area (Å²) in [4.78, 5) is 172. The van der Waals surface area contributed by atoms with Crippen molar-refractivity contribution in [3.05, 3.63) is 48.0 Å². The molecule has 0 fully saturated rings. The molecule has 77 heavy (non-hydrogen) atoms. The molecule has 0 aliphatic carbocycles. The van der Waals surface area contributed by atoms with Crippen LogP contribution in [0.4, 0.5) is 0 Å². The molecule has 10 atom stereocenters. The number of nitrogens with zero attached hydrogens (tertiary/aromatic N) is 1. The van der Waals surface area contributed by atoms with E-state index in [0.29, 0.717) is 5.56 Å². The predicted octanol–water partition coefficient (Wildman–Crippen LogP) is -6.83. The minimum Gasteiger partial charge on any atom is -0.508 e. The molecule has 0 saturated carbocycles. The number of aliphatic hydroxyl groups is 2. The number of nitrogens with two attached hydrogens (primary N) is 1. The molecule has 424 valence electrons. The van der Waals surface area contributed by atoms with Gasteiger partial charge in [-0.2, -0.15) is 0 Å². The maximum Gasteiger partial charge on any atom is 0.326 e. The minimum atomic E-state index is -1.97. The number of aliphatic carboxylic acids is 4. The number of carbonyl (C=O) groups excluding carboxylic acids is 9. The van der Waals surface area contributed by atoms with Crippen molar-refractivity contribution >= 4 is 77.0 Å². The van der Waals surface area contributed by atoms with E-state index in [9.17, 15) is 93.0 Å². The third-order valence-electron chi connectivity index (χ3n) is 11.2. The molecule has 0 bridgehead atoms. The average molecular weight is 1090 g/mol. The number of phenols is 1. The highest BCUT2D eigenvalue weighted by atomic mass is 16.4. The Morgan fingerprint density at radius 3 is 1.60 bits per heavy atom. The number of hydrogen-bond acceptors (Lipinski definition) is 18. The lowest BCUT2D eigenvalue weighted by molar-refractivity contribution is -0.143. The van der Waals surface area contributed by atoms with Gasteiger partial charge in [-0.3, -0.25) is 57.5 Å². The standard InChI is InChI=1S/C45H64N12O20/c1-4-20(2)36(56-42(73)29(14-35(67)68)54-41(72)28(13-34(65)66)50-31(61)15-46)43(74)57-37(21(3)59)44(75)55-30(18-58)38(69)48-17-32(62)51-26(11-22-5-7-24(60)8-6-22)39(70)53-27(12-23-16-47-19-49-23)40(71)52-25(45(76)77)9-10-33(63)64/h5-8,16,19-21,25-30,36-37,58-60H,4,9-15,17-18,46H2,1-3H3,(H,47,49)(H,48,69)(H,50,61)(H,51,62)(H,52,71)(H,53,70)(H,54,72)(H,55,75)(H,56,73)(H,57,74)(H,63,64)(H,65,66)(H,67,68)(H,76,77)/t20-,21+,25-,26-,27-,28-,29-,30-,36-,37-/m0/s1. The molecule has 1 heterocycles. The Morgan fingerprint density at radius 1 is 0.597 bits per heavy atom. The Balaban J connectivity index is 2.27. The number of nitrogens with one attached hydrogen (secondary N) is 10. The molecule has 0 aliphatic heterocycles. The van der Waals surface area contributed by atoms with E-state index in [0.717, 1.165) is 6.92 Å². The van der Waals surface area contributed by atoms with Gasteiger partial charge < -0.3 is 94.3 Å². The summed E-state index contributed by atoms with van der Waals surface area (Å²) in [6.07, 6.45) is -2.93. The summed E-state index contributed by atoms with van der Waals surface area (Å²) in [6, 6.07) is -8.72. The van der Waals surface area contributed by atoms with E-state index in [1.54, 1.807) is 6.92 Å². The van der Waals surface area contributed by atoms with Crippen LogP contribution < -0.4 is 53.6 Å². The molecule has 32 nitrogen and oxygen atoms in total. The number of imidazole rings is 1. The van der Waals surface area contributed by atoms with Crippen molar-refractivity contribution in [1.82, 2.24) is 57.8 Å². The summed E-state index contributed by atoms with van der Waals surface area (Å²) in [5, 5.41) is 87.7. The lowest BCUT2D eigenvalue weighted by atomic mass is 9.96. The fourth-order valence-electron chi connectivity index (χ4n) is 6.86. The van der Waals surface area contributed by atoms with Crippen LogP contribution in [0.25, 0.3) is 0 Å². The van der Waals surface area contributed by atoms with Gasteiger partial charge in [0.2, 0.25) is 53.2 Å². The number of H-pyrrole nitrogens is 1. The topological polar surface area (TPSA) is 526 Å². The third-order valence-corrected chi connectivity index (χ3v) is 11.2. The smallest absolute Gasteiger partial charge is 0.326 e. The van der Waals surface area contributed by atoms with E-state index in [4.69, 9.17) is 10.8 Å². The number of phenolic OH excluding ortho intramolecular Hbond substituents is 1. The van der Waals surface area contributed by atoms with Crippen LogP contribution in [0.15, 0.2) is 36.8 Å². The Hall–Kier alpha value is -8.78. The summed E-state index contributed by atoms with van der Waals surface area (Å²) >= 11 is 0. The molecule has 0 unspecified atom stereocenters. The van der Waals surface area contributed by atoms with Crippen LogP contribution in [0.3, 0.4) is 0 Å². The Kier molecular flexibility index (Phi) is 26.6. The van der Waals surface area contributed by atoms with Crippen LogP contribution in [0, 0.1) is 5.92 Å². The van der Waals surface area contributed by atoms with E-state index in [1.807, 2.05) is 10.6 Å². The normalized spacial score (nSPS) is 14.8. The van der Waals surface area contributed by atoms with Gasteiger partial charge in [-0.25, -0.2) is 9.78 Å². The molecule has 0 radical (unpaired) electrons. The SMILES string of the molecule is CC[C@H](C)[C@H](NC(=O)[C@H](CC(=O)O)NC(=O)[C@H](CC(=O)O)NC(=O)CN)C(=O)N[C@H](C(=O)N[C@@H](CO)C(=O)NCC(=O)N[C@@H](Cc1ccc(O)cc1)C(=O)N[C@@H](Cc1cnc[nH]1)C(=O)N[C@@H](CCC(=O)O)C(=O)O)[C@@H](C)O. The number of aromatic nitrogens is 2. The van der Waals surface area contributed by atoms with Gasteiger partial charge in [-0.15, -0.1) is 0 Å². The zero-order chi connectivity index (χ0) is 58.1. The van der Waals surface area contributed by atoms with E-state index in [1.165, 1.54) is 43.7 Å². The molecule has 0 aliphatic rings. The highest BCUT2D eigenvalue weighted by Crippen LogP contribution is 2.14. The van der Waals surface area contributed by atoms with E-state index >= 15 is 0 Å². The molecular formula is C45H64N12O20. The Morgan fingerprint density at radius 2 is 1.09 bits per heavy atom. The Labute approximate surface area is 437 Å². The molecule has 1 aromatic heterocycles. The summed E-state index contributed by atoms with van der Waals surface area (Å²) in [5.74, 6) is -17.4. The van der Waals surface area contributed by atoms with Crippen molar-refractivity contribution in [3.8, 4) is 5.75 Å². The molecule has 0 spiro atoms. The second kappa shape index (κ2) is 31.8. The number of amides is 9. The van der Waals surface area contributed by atoms with Crippen molar-refractivity contribution in [2.75, 3.05) is 19.7 Å². The molecule has 19 N–H and O–H groups in total. The van der Waals surface area contributed by atoms with Crippen molar-refractivity contribution in [1.29, 1.82) is 0 Å². The summed E-state index contributed by atoms with van der Waals surface area (Å²) in [6.45, 7) is 1.33. The number of carbonyl (C=O) groups is 13. The van der Waals surface area contributed by atoms with Crippen LogP contribution >= 0.6 is 0 Å². The van der Waals surface area contributed by atoms with Crippen molar-refractivity contribution in [3.63, 3.8) is 0 Å². The number of benzene rings is 1. The van der Waals surface area contributed by atoms with Gasteiger partial charge in [-0.05, 0) is 37.0 Å². The van der Waals surface area contributed by atoms with Gasteiger partial charge in [0.15, 0.2) is 0 Å². The van der Waals surface area contributed by atoms with Gasteiger partial charge in [0.1, 0.15) is 54.1 Å². The highest BCUT2D eigenvalue weighted by molar-refractivity contribution is 5.99. The van der Waals surface area contributed by atoms with Crippen molar-refractivity contribution in [2.24, 2.45) is 11.7 Å². The molecule has 9 amide bonds. The third kappa shape index (κ3) is 22.7. The van der Waals surface area contributed by atoms with Crippen molar-refractivity contribution < 1.29 is 98.1 Å². The van der Waals surface area contributed by atoms with Gasteiger partial charge >= 0.3 is 23.9 Å². The van der Waals surface area contributed by atoms with Crippen molar-refractivity contribution in [2.45, 2.75) is 120 Å². The lowest BCUT2D eigenvalue weighted by Crippen LogP contribution is -2.62. The van der Waals surface area contributed by atoms with E-state index in [2.05, 4.69) is 47.2 Å². The van der Waals surface area contributed by atoms with Gasteiger partial charge in [0.25, 0.3) is 0 Å². The lowest BCUT2D eigenvalue weighted by Gasteiger charge is -2.29. The molecule has 32 heteroatoms. The number of hydrogen-bond donors (Lipinski definition) is 18. The second-order valence-electron chi connectivity index (χ2n) is 17.3. The molecule has 2 rings (SSSR count). The molecular weight excluding hydrogens is 1030 g/mol. The number of carboxylic acid groups (broad SMARTS) is 4. The number of rotatable bonds is 34. The number of carboxylic acids is 4. The van der Waals surface area contributed by atoms with Crippen LogP contribution in [0.2, 0.25) is 0 Å². The van der Waals surface area contributed by atoms with Crippen LogP contribution in [0.1, 0.15) is 64.1 Å². The molecule has 1 aromatic carbocycles. The zero-order valence-electron chi connectivity index (χ0n) is 41.8. The monoisotopic (exact) mass is 1090 g/mol. The Bertz CT molecular complexity index is 2420. The van der Waals surface area contributed by atoms with Gasteiger partial charge in [0, 0.05) is 31.2 Å². The van der Waals surface area contributed by atoms with Gasteiger partial charge in [-0.1, -0.05) is 32.4 Å². The molecule has 0 saturated heterocycles. The first-order chi connectivity index (χ1) is 36.2. The average Bonchev–Trinajstić information content (AvgIpc) is 3.88. The minimum absolute atomic E-state index is 0.143. The van der Waals surface area contributed by atoms with Crippen LogP contribution in [0.5, 0.6) is 5.75 Å². The number of aliphatic hydroxyl groups excluding tert-OH is 2. The first kappa shape index (κ1) is 64.3. The summed E-state index contributed by atoms with van der Waals surface area (Å²) in [5.41, 5.74) is 5.87. The highest BCUT2D eigenvalue weighted by Gasteiger charge is 2.37. The maximum atomic E-state index is 13.9. The number of aromatic amines is 1. The van der Waals surface area contributed by atoms with E-state index < -0.39 is 183 Å². The molecule has 2 aromatic rings. The maximum absolute atomic E-state index is 13.9. The number of aromatic hydroxyl groups is 1. The van der Waals surface area contributed by atoms with Crippen LogP contribution in [-0.4, -0.2) is 197 Å². The summed E-state index contributed by atoms with van der Waals surface area (Å²) in [7, 11) is 0. The predicted molar refractivity (Wildman–Crippen MR) is 259 cm³/mol. The fourth-order valence-corrected chi connectivity index (χ4v) is 6.86. The van der Waals surface area contributed by atoms with Gasteiger partial charge in [0.05, 0.1) is 45.0 Å². The van der Waals surface area contributed by atoms with Crippen LogP contribution in [-0.2, 0) is 75.2 Å².